The lowest BCUT2D eigenvalue weighted by atomic mass is 10.0. The van der Waals surface area contributed by atoms with Gasteiger partial charge >= 0.3 is 0 Å². The molecule has 130 valence electrons. The van der Waals surface area contributed by atoms with E-state index in [1.807, 2.05) is 32.9 Å². The number of nitriles is 1. The summed E-state index contributed by atoms with van der Waals surface area (Å²) in [6.45, 7) is 10.1. The minimum absolute atomic E-state index is 0. The number of benzene rings is 1. The Labute approximate surface area is 152 Å². The van der Waals surface area contributed by atoms with E-state index in [9.17, 15) is 0 Å². The van der Waals surface area contributed by atoms with Gasteiger partial charge in [-0.05, 0) is 38.5 Å². The average Bonchev–Trinajstić information content (AvgIpc) is 2.45. The molecule has 1 N–H and O–H groups in total. The first-order chi connectivity index (χ1) is 9.99. The van der Waals surface area contributed by atoms with E-state index in [-0.39, 0.29) is 36.5 Å². The Morgan fingerprint density at radius 1 is 1.17 bits per heavy atom. The zero-order valence-electron chi connectivity index (χ0n) is 14.0. The van der Waals surface area contributed by atoms with Gasteiger partial charge in [-0.15, -0.1) is 24.8 Å². The molecule has 1 atom stereocenters. The maximum absolute atomic E-state index is 9.12. The molecular formula is C17H27Cl2N3O. The maximum atomic E-state index is 9.12. The molecule has 23 heavy (non-hydrogen) atoms. The van der Waals surface area contributed by atoms with E-state index in [4.69, 9.17) is 10.00 Å². The maximum Gasteiger partial charge on any atom is 0.120 e. The average molecular weight is 360 g/mol. The Hall–Kier alpha value is -0.990. The first kappa shape index (κ1) is 22.0. The smallest absolute Gasteiger partial charge is 0.120 e. The van der Waals surface area contributed by atoms with Gasteiger partial charge in [0.25, 0.3) is 0 Å². The highest BCUT2D eigenvalue weighted by Crippen LogP contribution is 2.27. The van der Waals surface area contributed by atoms with E-state index < -0.39 is 0 Å². The summed E-state index contributed by atoms with van der Waals surface area (Å²) in [5.74, 6) is 0.877. The molecule has 0 spiro atoms. The van der Waals surface area contributed by atoms with Gasteiger partial charge in [0.1, 0.15) is 11.4 Å². The summed E-state index contributed by atoms with van der Waals surface area (Å²) in [7, 11) is 0. The fourth-order valence-corrected chi connectivity index (χ4v) is 2.65. The van der Waals surface area contributed by atoms with Crippen molar-refractivity contribution in [3.63, 3.8) is 0 Å². The normalized spacial score (nSPS) is 16.4. The van der Waals surface area contributed by atoms with Crippen LogP contribution in [0.3, 0.4) is 0 Å². The molecule has 0 saturated carbocycles. The molecule has 1 saturated heterocycles. The largest absolute Gasteiger partial charge is 0.488 e. The van der Waals surface area contributed by atoms with Crippen LogP contribution in [0, 0.1) is 11.3 Å². The molecule has 1 aromatic rings. The predicted molar refractivity (Wildman–Crippen MR) is 98.7 cm³/mol. The van der Waals surface area contributed by atoms with Gasteiger partial charge in [-0.1, -0.05) is 12.1 Å². The van der Waals surface area contributed by atoms with Crippen molar-refractivity contribution in [1.82, 2.24) is 10.2 Å². The SMILES string of the molecule is CC(C)(C)Oc1ccc([C@@H](CC#N)N2CCNCC2)cc1.Cl.Cl. The number of rotatable bonds is 4. The van der Waals surface area contributed by atoms with Crippen molar-refractivity contribution in [3.8, 4) is 11.8 Å². The van der Waals surface area contributed by atoms with Crippen LogP contribution in [0.15, 0.2) is 24.3 Å². The molecule has 0 bridgehead atoms. The van der Waals surface area contributed by atoms with Crippen LogP contribution in [0.4, 0.5) is 0 Å². The van der Waals surface area contributed by atoms with Crippen molar-refractivity contribution in [3.05, 3.63) is 29.8 Å². The zero-order chi connectivity index (χ0) is 15.3. The highest BCUT2D eigenvalue weighted by Gasteiger charge is 2.22. The number of ether oxygens (including phenoxy) is 1. The molecule has 1 aliphatic heterocycles. The number of hydrogen-bond acceptors (Lipinski definition) is 4. The predicted octanol–water partition coefficient (Wildman–Crippen LogP) is 3.57. The molecular weight excluding hydrogens is 333 g/mol. The van der Waals surface area contributed by atoms with Gasteiger partial charge in [0, 0.05) is 32.2 Å². The van der Waals surface area contributed by atoms with E-state index in [0.29, 0.717) is 6.42 Å². The Bertz CT molecular complexity index is 488. The fourth-order valence-electron chi connectivity index (χ4n) is 2.65. The van der Waals surface area contributed by atoms with Crippen LogP contribution in [0.1, 0.15) is 38.8 Å². The summed E-state index contributed by atoms with van der Waals surface area (Å²) < 4.78 is 5.85. The number of halogens is 2. The lowest BCUT2D eigenvalue weighted by Gasteiger charge is -2.34. The van der Waals surface area contributed by atoms with Gasteiger partial charge in [0.2, 0.25) is 0 Å². The second kappa shape index (κ2) is 10.00. The van der Waals surface area contributed by atoms with Gasteiger partial charge in [-0.3, -0.25) is 4.90 Å². The van der Waals surface area contributed by atoms with Gasteiger partial charge in [0.05, 0.1) is 12.5 Å². The van der Waals surface area contributed by atoms with Crippen LogP contribution in [0.25, 0.3) is 0 Å². The Morgan fingerprint density at radius 3 is 2.22 bits per heavy atom. The molecule has 0 amide bonds. The molecule has 1 aromatic carbocycles. The van der Waals surface area contributed by atoms with Gasteiger partial charge < -0.3 is 10.1 Å². The van der Waals surface area contributed by atoms with Crippen molar-refractivity contribution >= 4 is 24.8 Å². The Morgan fingerprint density at radius 2 is 1.74 bits per heavy atom. The van der Waals surface area contributed by atoms with E-state index >= 15 is 0 Å². The quantitative estimate of drug-likeness (QED) is 0.892. The molecule has 1 aliphatic rings. The second-order valence-corrected chi connectivity index (χ2v) is 6.45. The summed E-state index contributed by atoms with van der Waals surface area (Å²) in [5.41, 5.74) is 1.01. The standard InChI is InChI=1S/C17H25N3O.2ClH/c1-17(2,3)21-15-6-4-14(5-7-15)16(8-9-18)20-12-10-19-11-13-20;;/h4-7,16,19H,8,10-13H2,1-3H3;2*1H/t16-;;/m1../s1. The van der Waals surface area contributed by atoms with Crippen LogP contribution in [0.2, 0.25) is 0 Å². The summed E-state index contributed by atoms with van der Waals surface area (Å²) in [4.78, 5) is 2.39. The molecule has 0 unspecified atom stereocenters. The molecule has 0 aliphatic carbocycles. The van der Waals surface area contributed by atoms with E-state index in [1.165, 1.54) is 5.56 Å². The fraction of sp³-hybridized carbons (Fsp3) is 0.588. The topological polar surface area (TPSA) is 48.3 Å². The van der Waals surface area contributed by atoms with Crippen molar-refractivity contribution in [2.75, 3.05) is 26.2 Å². The highest BCUT2D eigenvalue weighted by molar-refractivity contribution is 5.85. The lowest BCUT2D eigenvalue weighted by molar-refractivity contribution is 0.130. The second-order valence-electron chi connectivity index (χ2n) is 6.45. The number of nitrogens with one attached hydrogen (secondary N) is 1. The summed E-state index contributed by atoms with van der Waals surface area (Å²) in [6.07, 6.45) is 0.527. The molecule has 0 aromatic heterocycles. The van der Waals surface area contributed by atoms with E-state index in [2.05, 4.69) is 28.4 Å². The summed E-state index contributed by atoms with van der Waals surface area (Å²) in [6, 6.07) is 10.7. The van der Waals surface area contributed by atoms with Crippen molar-refractivity contribution in [2.45, 2.75) is 38.8 Å². The molecule has 1 fully saturated rings. The molecule has 2 rings (SSSR count). The molecule has 4 nitrogen and oxygen atoms in total. The zero-order valence-corrected chi connectivity index (χ0v) is 15.7. The monoisotopic (exact) mass is 359 g/mol. The number of hydrogen-bond donors (Lipinski definition) is 1. The van der Waals surface area contributed by atoms with Crippen LogP contribution in [-0.2, 0) is 0 Å². The number of nitrogens with zero attached hydrogens (tertiary/aromatic N) is 2. The lowest BCUT2D eigenvalue weighted by Crippen LogP contribution is -2.45. The summed E-state index contributed by atoms with van der Waals surface area (Å²) in [5, 5.41) is 12.5. The first-order valence-corrected chi connectivity index (χ1v) is 7.60. The van der Waals surface area contributed by atoms with Gasteiger partial charge in [-0.25, -0.2) is 0 Å². The van der Waals surface area contributed by atoms with E-state index in [1.54, 1.807) is 0 Å². The highest BCUT2D eigenvalue weighted by atomic mass is 35.5. The minimum atomic E-state index is -0.188. The van der Waals surface area contributed by atoms with Gasteiger partial charge in [-0.2, -0.15) is 5.26 Å². The third-order valence-electron chi connectivity index (χ3n) is 3.57. The van der Waals surface area contributed by atoms with Crippen LogP contribution < -0.4 is 10.1 Å². The first-order valence-electron chi connectivity index (χ1n) is 7.60. The van der Waals surface area contributed by atoms with Crippen molar-refractivity contribution in [1.29, 1.82) is 5.26 Å². The summed E-state index contributed by atoms with van der Waals surface area (Å²) >= 11 is 0. The minimum Gasteiger partial charge on any atom is -0.488 e. The molecule has 0 radical (unpaired) electrons. The van der Waals surface area contributed by atoms with Crippen LogP contribution in [0.5, 0.6) is 5.75 Å². The van der Waals surface area contributed by atoms with Crippen molar-refractivity contribution < 1.29 is 4.74 Å². The van der Waals surface area contributed by atoms with Crippen LogP contribution in [-0.4, -0.2) is 36.7 Å². The molecule has 1 heterocycles. The Balaban J connectivity index is 0.00000242. The van der Waals surface area contributed by atoms with Crippen LogP contribution >= 0.6 is 24.8 Å². The van der Waals surface area contributed by atoms with Gasteiger partial charge in [0.15, 0.2) is 0 Å². The Kier molecular flexibility index (Phi) is 9.57. The van der Waals surface area contributed by atoms with E-state index in [0.717, 1.165) is 31.9 Å². The van der Waals surface area contributed by atoms with Crippen molar-refractivity contribution in [2.24, 2.45) is 0 Å². The molecule has 6 heteroatoms. The third kappa shape index (κ3) is 6.97. The number of piperazine rings is 1. The third-order valence-corrected chi connectivity index (χ3v) is 3.57.